The van der Waals surface area contributed by atoms with Gasteiger partial charge in [-0.3, -0.25) is 0 Å². The molecule has 1 fully saturated rings. The molecule has 5 rings (SSSR count). The minimum Gasteiger partial charge on any atom is -0.341 e. The lowest BCUT2D eigenvalue weighted by Crippen LogP contribution is -2.31. The number of hydrogen-bond donors (Lipinski definition) is 2. The van der Waals surface area contributed by atoms with Crippen LogP contribution in [-0.4, -0.2) is 38.8 Å². The monoisotopic (exact) mass is 466 g/mol. The standard InChI is InChI=1S/C27H30N8/c1-20-18-22(21(2)35(20)24-14-8-4-9-15-24)19-28-33-26-30-25(29-23-12-6-3-7-13-23)31-27(32-26)34-16-10-5-11-17-34/h3-4,6-9,12-15,18-19H,5,10-11,16-17H2,1-2H3,(H2,29,30,31,32,33)/b28-19-. The van der Waals surface area contributed by atoms with Gasteiger partial charge in [-0.25, -0.2) is 5.43 Å². The molecule has 2 N–H and O–H groups in total. The minimum atomic E-state index is 0.409. The number of piperidine rings is 1. The van der Waals surface area contributed by atoms with Gasteiger partial charge in [-0.1, -0.05) is 36.4 Å². The lowest BCUT2D eigenvalue weighted by molar-refractivity contribution is 0.568. The highest BCUT2D eigenvalue weighted by atomic mass is 15.4. The number of rotatable bonds is 7. The van der Waals surface area contributed by atoms with Gasteiger partial charge >= 0.3 is 0 Å². The molecule has 8 heteroatoms. The van der Waals surface area contributed by atoms with Crippen LogP contribution in [-0.2, 0) is 0 Å². The first kappa shape index (κ1) is 22.6. The van der Waals surface area contributed by atoms with Crippen LogP contribution in [0.3, 0.4) is 0 Å². The van der Waals surface area contributed by atoms with Crippen LogP contribution in [0.15, 0.2) is 71.8 Å². The van der Waals surface area contributed by atoms with Crippen molar-refractivity contribution in [2.75, 3.05) is 28.7 Å². The summed E-state index contributed by atoms with van der Waals surface area (Å²) >= 11 is 0. The Hall–Kier alpha value is -4.20. The van der Waals surface area contributed by atoms with Crippen molar-refractivity contribution in [2.45, 2.75) is 33.1 Å². The molecule has 1 saturated heterocycles. The van der Waals surface area contributed by atoms with E-state index in [0.717, 1.165) is 54.3 Å². The summed E-state index contributed by atoms with van der Waals surface area (Å²) in [6, 6.07) is 22.4. The Kier molecular flexibility index (Phi) is 6.70. The van der Waals surface area contributed by atoms with Crippen LogP contribution < -0.4 is 15.6 Å². The normalized spacial score (nSPS) is 13.8. The van der Waals surface area contributed by atoms with Crippen molar-refractivity contribution in [2.24, 2.45) is 5.10 Å². The predicted molar refractivity (Wildman–Crippen MR) is 142 cm³/mol. The quantitative estimate of drug-likeness (QED) is 0.278. The summed E-state index contributed by atoms with van der Waals surface area (Å²) in [6.45, 7) is 6.09. The lowest BCUT2D eigenvalue weighted by atomic mass is 10.1. The number of aryl methyl sites for hydroxylation is 1. The highest BCUT2D eigenvalue weighted by Crippen LogP contribution is 2.22. The molecule has 0 saturated carbocycles. The Balaban J connectivity index is 1.39. The Morgan fingerprint density at radius 1 is 0.829 bits per heavy atom. The van der Waals surface area contributed by atoms with Gasteiger partial charge in [-0.2, -0.15) is 20.1 Å². The summed E-state index contributed by atoms with van der Waals surface area (Å²) in [5.41, 5.74) is 8.39. The second kappa shape index (κ2) is 10.4. The third kappa shape index (κ3) is 5.32. The molecule has 178 valence electrons. The Morgan fingerprint density at radius 2 is 1.51 bits per heavy atom. The highest BCUT2D eigenvalue weighted by molar-refractivity contribution is 5.82. The summed E-state index contributed by atoms with van der Waals surface area (Å²) in [5.74, 6) is 1.57. The number of nitrogens with one attached hydrogen (secondary N) is 2. The van der Waals surface area contributed by atoms with Gasteiger partial charge in [-0.15, -0.1) is 0 Å². The van der Waals surface area contributed by atoms with Crippen molar-refractivity contribution in [3.8, 4) is 5.69 Å². The average Bonchev–Trinajstić information content (AvgIpc) is 3.18. The fourth-order valence-electron chi connectivity index (χ4n) is 4.41. The molecule has 0 bridgehead atoms. The second-order valence-corrected chi connectivity index (χ2v) is 8.69. The molecule has 2 aromatic carbocycles. The number of nitrogens with zero attached hydrogens (tertiary/aromatic N) is 6. The van der Waals surface area contributed by atoms with E-state index < -0.39 is 0 Å². The van der Waals surface area contributed by atoms with Crippen LogP contribution in [0.1, 0.15) is 36.2 Å². The molecule has 0 radical (unpaired) electrons. The lowest BCUT2D eigenvalue weighted by Gasteiger charge is -2.26. The summed E-state index contributed by atoms with van der Waals surface area (Å²) in [4.78, 5) is 16.1. The van der Waals surface area contributed by atoms with Crippen molar-refractivity contribution in [1.82, 2.24) is 19.5 Å². The van der Waals surface area contributed by atoms with Crippen molar-refractivity contribution >= 4 is 29.7 Å². The van der Waals surface area contributed by atoms with Gasteiger partial charge in [0.1, 0.15) is 0 Å². The van der Waals surface area contributed by atoms with Crippen molar-refractivity contribution in [1.29, 1.82) is 0 Å². The van der Waals surface area contributed by atoms with Gasteiger partial charge in [-0.05, 0) is 63.4 Å². The van der Waals surface area contributed by atoms with E-state index in [2.05, 4.69) is 72.3 Å². The first-order valence-electron chi connectivity index (χ1n) is 12.0. The first-order chi connectivity index (χ1) is 17.2. The van der Waals surface area contributed by atoms with E-state index in [1.165, 1.54) is 6.42 Å². The third-order valence-corrected chi connectivity index (χ3v) is 6.15. The topological polar surface area (TPSA) is 83.3 Å². The minimum absolute atomic E-state index is 0.409. The van der Waals surface area contributed by atoms with E-state index in [1.54, 1.807) is 0 Å². The van der Waals surface area contributed by atoms with Gasteiger partial charge < -0.3 is 14.8 Å². The largest absolute Gasteiger partial charge is 0.341 e. The zero-order chi connectivity index (χ0) is 24.0. The zero-order valence-electron chi connectivity index (χ0n) is 20.1. The smallest absolute Gasteiger partial charge is 0.250 e. The van der Waals surface area contributed by atoms with Crippen LogP contribution >= 0.6 is 0 Å². The Morgan fingerprint density at radius 3 is 2.26 bits per heavy atom. The third-order valence-electron chi connectivity index (χ3n) is 6.15. The van der Waals surface area contributed by atoms with Crippen LogP contribution in [0.5, 0.6) is 0 Å². The van der Waals surface area contributed by atoms with Gasteiger partial charge in [0.2, 0.25) is 17.8 Å². The molecule has 1 aliphatic heterocycles. The van der Waals surface area contributed by atoms with Gasteiger partial charge in [0.05, 0.1) is 6.21 Å². The van der Waals surface area contributed by atoms with Crippen molar-refractivity contribution in [3.05, 3.63) is 83.7 Å². The molecule has 35 heavy (non-hydrogen) atoms. The maximum Gasteiger partial charge on any atom is 0.250 e. The number of hydrogen-bond acceptors (Lipinski definition) is 7. The fourth-order valence-corrected chi connectivity index (χ4v) is 4.41. The zero-order valence-corrected chi connectivity index (χ0v) is 20.1. The molecule has 4 aromatic rings. The molecule has 1 aliphatic rings. The molecule has 2 aromatic heterocycles. The van der Waals surface area contributed by atoms with Gasteiger partial charge in [0, 0.05) is 41.4 Å². The highest BCUT2D eigenvalue weighted by Gasteiger charge is 2.16. The van der Waals surface area contributed by atoms with Crippen LogP contribution in [0, 0.1) is 13.8 Å². The Labute approximate surface area is 205 Å². The number of aromatic nitrogens is 4. The molecule has 0 spiro atoms. The van der Waals surface area contributed by atoms with Crippen molar-refractivity contribution in [3.63, 3.8) is 0 Å². The van der Waals surface area contributed by atoms with Crippen LogP contribution in [0.2, 0.25) is 0 Å². The molecular formula is C27H30N8. The van der Waals surface area contributed by atoms with E-state index >= 15 is 0 Å². The second-order valence-electron chi connectivity index (χ2n) is 8.69. The number of anilines is 4. The Bertz CT molecular complexity index is 1290. The van der Waals surface area contributed by atoms with Gasteiger partial charge in [0.25, 0.3) is 0 Å². The van der Waals surface area contributed by atoms with E-state index in [9.17, 15) is 0 Å². The first-order valence-corrected chi connectivity index (χ1v) is 12.0. The van der Waals surface area contributed by atoms with E-state index in [4.69, 9.17) is 0 Å². The summed E-state index contributed by atoms with van der Waals surface area (Å²) in [5, 5.41) is 7.75. The maximum absolute atomic E-state index is 4.68. The fraction of sp³-hybridized carbons (Fsp3) is 0.259. The summed E-state index contributed by atoms with van der Waals surface area (Å²) in [7, 11) is 0. The average molecular weight is 467 g/mol. The number of para-hydroxylation sites is 2. The molecule has 0 unspecified atom stereocenters. The SMILES string of the molecule is Cc1cc(/C=N\Nc2nc(Nc3ccccc3)nc(N3CCCCC3)n2)c(C)n1-c1ccccc1. The van der Waals surface area contributed by atoms with Crippen molar-refractivity contribution < 1.29 is 0 Å². The summed E-state index contributed by atoms with van der Waals surface area (Å²) < 4.78 is 2.22. The molecular weight excluding hydrogens is 436 g/mol. The van der Waals surface area contributed by atoms with E-state index in [-0.39, 0.29) is 0 Å². The predicted octanol–water partition coefficient (Wildman–Crippen LogP) is 5.46. The maximum atomic E-state index is 4.68. The van der Waals surface area contributed by atoms with E-state index in [1.807, 2.05) is 54.7 Å². The molecule has 8 nitrogen and oxygen atoms in total. The summed E-state index contributed by atoms with van der Waals surface area (Å²) in [6.07, 6.45) is 5.35. The van der Waals surface area contributed by atoms with Crippen LogP contribution in [0.25, 0.3) is 5.69 Å². The molecule has 0 atom stereocenters. The van der Waals surface area contributed by atoms with E-state index in [0.29, 0.717) is 17.8 Å². The molecule has 3 heterocycles. The molecule has 0 amide bonds. The number of hydrazone groups is 1. The number of benzene rings is 2. The van der Waals surface area contributed by atoms with Gasteiger partial charge in [0.15, 0.2) is 0 Å². The van der Waals surface area contributed by atoms with Crippen LogP contribution in [0.4, 0.5) is 23.5 Å². The molecule has 0 aliphatic carbocycles.